The number of hydrogen-bond donors (Lipinski definition) is 4. The van der Waals surface area contributed by atoms with Gasteiger partial charge >= 0.3 is 5.97 Å². The molecule has 1 aromatic heterocycles. The van der Waals surface area contributed by atoms with Crippen LogP contribution < -0.4 is 31.2 Å². The van der Waals surface area contributed by atoms with Crippen molar-refractivity contribution in [2.45, 2.75) is 12.5 Å². The number of nitrogens with one attached hydrogen (secondary N) is 2. The van der Waals surface area contributed by atoms with Gasteiger partial charge in [-0.15, -0.1) is 0 Å². The quantitative estimate of drug-likeness (QED) is 0.0745. The molecule has 42 heavy (non-hydrogen) atoms. The highest BCUT2D eigenvalue weighted by Crippen LogP contribution is 2.30. The standard InChI is InChI=1S/C31H31BrN6O4/c1-41-26-13-10-23(32)18-27(26)42-29(39)14-16-38(28-7-2-3-15-36-28)31(40)22-6-4-5-21(17-22)25(33)19-37-24-11-8-20(9-12-24)30(34)35/h2-13,15,17-18,25,37H,14,16,19,33H2,1H3,(H3,34,35). The first-order valence-electron chi connectivity index (χ1n) is 13.1. The van der Waals surface area contributed by atoms with Crippen LogP contribution in [0.4, 0.5) is 11.5 Å². The first-order chi connectivity index (χ1) is 20.2. The maximum atomic E-state index is 13.7. The van der Waals surface area contributed by atoms with Crippen molar-refractivity contribution in [2.24, 2.45) is 11.5 Å². The molecule has 11 heteroatoms. The molecular formula is C31H31BrN6O4. The van der Waals surface area contributed by atoms with Crippen LogP contribution >= 0.6 is 15.9 Å². The number of benzene rings is 3. The number of esters is 1. The molecule has 0 fully saturated rings. The van der Waals surface area contributed by atoms with Gasteiger partial charge in [0.05, 0.1) is 13.5 Å². The summed E-state index contributed by atoms with van der Waals surface area (Å²) in [4.78, 5) is 32.3. The number of halogens is 1. The van der Waals surface area contributed by atoms with Gasteiger partial charge in [0.1, 0.15) is 11.7 Å². The summed E-state index contributed by atoms with van der Waals surface area (Å²) < 4.78 is 11.5. The molecule has 4 aromatic rings. The van der Waals surface area contributed by atoms with Gasteiger partial charge in [-0.3, -0.25) is 19.9 Å². The van der Waals surface area contributed by atoms with Crippen molar-refractivity contribution in [2.75, 3.05) is 30.4 Å². The van der Waals surface area contributed by atoms with E-state index < -0.39 is 12.0 Å². The summed E-state index contributed by atoms with van der Waals surface area (Å²) >= 11 is 3.37. The molecule has 1 heterocycles. The molecule has 0 bridgehead atoms. The molecule has 6 N–H and O–H groups in total. The number of hydrogen-bond acceptors (Lipinski definition) is 8. The zero-order chi connectivity index (χ0) is 30.1. The average Bonchev–Trinajstić information content (AvgIpc) is 3.00. The van der Waals surface area contributed by atoms with Crippen molar-refractivity contribution >= 4 is 45.1 Å². The minimum atomic E-state index is -0.529. The number of methoxy groups -OCH3 is 1. The molecule has 216 valence electrons. The van der Waals surface area contributed by atoms with Crippen LogP contribution in [-0.4, -0.2) is 42.9 Å². The number of amides is 1. The van der Waals surface area contributed by atoms with Crippen molar-refractivity contribution in [3.05, 3.63) is 112 Å². The van der Waals surface area contributed by atoms with Crippen LogP contribution in [0.2, 0.25) is 0 Å². The highest BCUT2D eigenvalue weighted by Gasteiger charge is 2.22. The number of nitrogens with two attached hydrogens (primary N) is 2. The molecule has 10 nitrogen and oxygen atoms in total. The summed E-state index contributed by atoms with van der Waals surface area (Å²) in [5, 5.41) is 10.8. The van der Waals surface area contributed by atoms with Gasteiger partial charge in [0.25, 0.3) is 5.91 Å². The van der Waals surface area contributed by atoms with Crippen LogP contribution in [0.3, 0.4) is 0 Å². The van der Waals surface area contributed by atoms with Gasteiger partial charge in [0.2, 0.25) is 0 Å². The fraction of sp³-hybridized carbons (Fsp3) is 0.161. The number of amidine groups is 1. The molecule has 1 amide bonds. The van der Waals surface area contributed by atoms with Gasteiger partial charge in [-0.05, 0) is 72.3 Å². The van der Waals surface area contributed by atoms with E-state index in [-0.39, 0.29) is 30.5 Å². The van der Waals surface area contributed by atoms with Gasteiger partial charge in [-0.2, -0.15) is 0 Å². The molecule has 0 radical (unpaired) electrons. The normalized spacial score (nSPS) is 11.3. The summed E-state index contributed by atoms with van der Waals surface area (Å²) in [5.41, 5.74) is 14.6. The summed E-state index contributed by atoms with van der Waals surface area (Å²) in [6.45, 7) is 0.449. The number of nitrogen functional groups attached to an aromatic ring is 1. The van der Waals surface area contributed by atoms with Crippen molar-refractivity contribution in [1.82, 2.24) is 4.98 Å². The Morgan fingerprint density at radius 1 is 1.00 bits per heavy atom. The number of carbonyl (C=O) groups is 2. The molecule has 0 aliphatic carbocycles. The molecule has 1 atom stereocenters. The third-order valence-corrected chi connectivity index (χ3v) is 6.84. The highest BCUT2D eigenvalue weighted by atomic mass is 79.9. The van der Waals surface area contributed by atoms with E-state index >= 15 is 0 Å². The maximum Gasteiger partial charge on any atom is 0.313 e. The highest BCUT2D eigenvalue weighted by molar-refractivity contribution is 9.10. The Labute approximate surface area is 252 Å². The molecular weight excluding hydrogens is 600 g/mol. The van der Waals surface area contributed by atoms with E-state index in [0.29, 0.717) is 29.2 Å². The third kappa shape index (κ3) is 7.93. The Bertz CT molecular complexity index is 1550. The Morgan fingerprint density at radius 3 is 2.48 bits per heavy atom. The Morgan fingerprint density at radius 2 is 1.79 bits per heavy atom. The van der Waals surface area contributed by atoms with E-state index in [0.717, 1.165) is 15.7 Å². The maximum absolute atomic E-state index is 13.7. The zero-order valence-electron chi connectivity index (χ0n) is 22.9. The molecule has 0 aliphatic heterocycles. The largest absolute Gasteiger partial charge is 0.493 e. The smallest absolute Gasteiger partial charge is 0.313 e. The van der Waals surface area contributed by atoms with Crippen molar-refractivity contribution < 1.29 is 19.1 Å². The van der Waals surface area contributed by atoms with E-state index in [2.05, 4.69) is 26.2 Å². The number of carbonyl (C=O) groups excluding carboxylic acids is 2. The summed E-state index contributed by atoms with van der Waals surface area (Å²) in [6.07, 6.45) is 1.50. The van der Waals surface area contributed by atoms with Crippen LogP contribution in [0.15, 0.2) is 95.6 Å². The second kappa shape index (κ2) is 14.2. The predicted octanol–water partition coefficient (Wildman–Crippen LogP) is 4.89. The fourth-order valence-electron chi connectivity index (χ4n) is 4.11. The van der Waals surface area contributed by atoms with E-state index in [1.54, 1.807) is 72.9 Å². The zero-order valence-corrected chi connectivity index (χ0v) is 24.5. The van der Waals surface area contributed by atoms with Crippen LogP contribution in [0.5, 0.6) is 11.5 Å². The first-order valence-corrected chi connectivity index (χ1v) is 13.9. The lowest BCUT2D eigenvalue weighted by Crippen LogP contribution is -2.34. The van der Waals surface area contributed by atoms with Crippen molar-refractivity contribution in [3.63, 3.8) is 0 Å². The van der Waals surface area contributed by atoms with Crippen molar-refractivity contribution in [1.29, 1.82) is 5.41 Å². The number of rotatable bonds is 12. The van der Waals surface area contributed by atoms with Crippen LogP contribution in [0.1, 0.15) is 33.9 Å². The number of anilines is 2. The van der Waals surface area contributed by atoms with E-state index in [1.165, 1.54) is 12.0 Å². The number of aromatic nitrogens is 1. The molecule has 0 saturated carbocycles. The molecule has 3 aromatic carbocycles. The third-order valence-electron chi connectivity index (χ3n) is 6.34. The van der Waals surface area contributed by atoms with Crippen LogP contribution in [0, 0.1) is 5.41 Å². The van der Waals surface area contributed by atoms with E-state index in [4.69, 9.17) is 26.4 Å². The second-order valence-corrected chi connectivity index (χ2v) is 10.2. The Balaban J connectivity index is 1.46. The van der Waals surface area contributed by atoms with Gasteiger partial charge in [-0.25, -0.2) is 4.98 Å². The first kappa shape index (κ1) is 30.2. The van der Waals surface area contributed by atoms with Crippen LogP contribution in [0.25, 0.3) is 0 Å². The van der Waals surface area contributed by atoms with Gasteiger partial charge in [-0.1, -0.05) is 34.1 Å². The summed E-state index contributed by atoms with van der Waals surface area (Å²) in [6, 6.07) is 24.2. The minimum absolute atomic E-state index is 0.000967. The summed E-state index contributed by atoms with van der Waals surface area (Å²) in [7, 11) is 1.49. The summed E-state index contributed by atoms with van der Waals surface area (Å²) in [5.74, 6) is 0.237. The lowest BCUT2D eigenvalue weighted by molar-refractivity contribution is -0.134. The van der Waals surface area contributed by atoms with E-state index in [9.17, 15) is 9.59 Å². The lowest BCUT2D eigenvalue weighted by Gasteiger charge is -2.22. The topological polar surface area (TPSA) is 157 Å². The number of nitrogens with zero attached hydrogens (tertiary/aromatic N) is 2. The van der Waals surface area contributed by atoms with Gasteiger partial charge in [0.15, 0.2) is 11.5 Å². The molecule has 0 aliphatic rings. The number of pyridine rings is 1. The van der Waals surface area contributed by atoms with Gasteiger partial charge < -0.3 is 26.3 Å². The fourth-order valence-corrected chi connectivity index (χ4v) is 4.45. The second-order valence-electron chi connectivity index (χ2n) is 9.27. The average molecular weight is 632 g/mol. The SMILES string of the molecule is COc1ccc(Br)cc1OC(=O)CCN(C(=O)c1cccc(C(N)CNc2ccc(C(=N)N)cc2)c1)c1ccccn1. The predicted molar refractivity (Wildman–Crippen MR) is 166 cm³/mol. The molecule has 0 saturated heterocycles. The van der Waals surface area contributed by atoms with Crippen molar-refractivity contribution in [3.8, 4) is 11.5 Å². The number of ether oxygens (including phenoxy) is 2. The van der Waals surface area contributed by atoms with Crippen LogP contribution in [-0.2, 0) is 4.79 Å². The Kier molecular flexibility index (Phi) is 10.2. The van der Waals surface area contributed by atoms with E-state index in [1.807, 2.05) is 18.2 Å². The monoisotopic (exact) mass is 630 g/mol. The van der Waals surface area contributed by atoms with Gasteiger partial charge in [0, 0.05) is 46.6 Å². The minimum Gasteiger partial charge on any atom is -0.493 e. The lowest BCUT2D eigenvalue weighted by atomic mass is 10.0. The molecule has 4 rings (SSSR count). The Hall–Kier alpha value is -4.74. The molecule has 0 spiro atoms. The molecule has 1 unspecified atom stereocenters.